The Balaban J connectivity index is 1.71. The van der Waals surface area contributed by atoms with Crippen LogP contribution < -0.4 is 14.8 Å². The number of imide groups is 1. The van der Waals surface area contributed by atoms with Crippen LogP contribution in [-0.4, -0.2) is 60.6 Å². The number of fused-ring (bicyclic) bond motifs is 1. The van der Waals surface area contributed by atoms with Crippen molar-refractivity contribution in [1.82, 2.24) is 10.2 Å². The molecule has 0 aromatic heterocycles. The first-order valence-electron chi connectivity index (χ1n) is 13.0. The zero-order valence-corrected chi connectivity index (χ0v) is 22.8. The quantitative estimate of drug-likeness (QED) is 0.301. The number of nitrogens with one attached hydrogen (secondary N) is 1. The van der Waals surface area contributed by atoms with Gasteiger partial charge in [-0.15, -0.1) is 0 Å². The minimum absolute atomic E-state index is 0.00899. The predicted octanol–water partition coefficient (Wildman–Crippen LogP) is 3.00. The van der Waals surface area contributed by atoms with Crippen LogP contribution in [-0.2, 0) is 32.1 Å². The molecule has 41 heavy (non-hydrogen) atoms. The lowest BCUT2D eigenvalue weighted by Gasteiger charge is -2.31. The Hall–Kier alpha value is -4.70. The lowest BCUT2D eigenvalue weighted by molar-refractivity contribution is -0.151. The molecule has 2 amide bonds. The Morgan fingerprint density at radius 1 is 0.902 bits per heavy atom. The molecular weight excluding hydrogens is 528 g/mol. The van der Waals surface area contributed by atoms with Gasteiger partial charge in [-0.2, -0.15) is 0 Å². The number of rotatable bonds is 9. The van der Waals surface area contributed by atoms with Crippen molar-refractivity contribution in [2.75, 3.05) is 21.3 Å². The highest BCUT2D eigenvalue weighted by atomic mass is 16.5. The van der Waals surface area contributed by atoms with Gasteiger partial charge in [-0.05, 0) is 22.8 Å². The van der Waals surface area contributed by atoms with Crippen molar-refractivity contribution in [3.05, 3.63) is 95.1 Å². The van der Waals surface area contributed by atoms with Gasteiger partial charge in [0.05, 0.1) is 39.7 Å². The molecule has 3 aromatic rings. The van der Waals surface area contributed by atoms with Gasteiger partial charge < -0.3 is 19.3 Å². The minimum atomic E-state index is -1.86. The molecular formula is C31H30N2O8. The number of carboxylic acid groups (broad SMARTS) is 1. The maximum absolute atomic E-state index is 14.1. The molecule has 4 unspecified atom stereocenters. The maximum atomic E-state index is 14.1. The molecule has 10 nitrogen and oxygen atoms in total. The standard InChI is InChI=1S/C31H30N2O8/c1-39-20-14-21(23(29(36)41-3)22(15-20)40-2)26-24-25(28(35)33(27(24)34)17-19-12-8-5-9-13-19)31(32-26,30(37)38)16-18-10-6-4-7-11-18/h4-15,24-26,32H,16-17H2,1-3H3,(H,37,38). The fraction of sp³-hybridized carbons (Fsp3) is 0.290. The number of esters is 1. The van der Waals surface area contributed by atoms with Gasteiger partial charge in [-0.3, -0.25) is 24.6 Å². The summed E-state index contributed by atoms with van der Waals surface area (Å²) in [5, 5.41) is 13.9. The number of hydrogen-bond donors (Lipinski definition) is 2. The topological polar surface area (TPSA) is 131 Å². The summed E-state index contributed by atoms with van der Waals surface area (Å²) in [6.07, 6.45) is -0.0757. The van der Waals surface area contributed by atoms with Gasteiger partial charge in [-0.1, -0.05) is 60.7 Å². The second-order valence-corrected chi connectivity index (χ2v) is 10.1. The number of hydrogen-bond acceptors (Lipinski definition) is 8. The number of amides is 2. The Kier molecular flexibility index (Phi) is 7.51. The third-order valence-electron chi connectivity index (χ3n) is 7.92. The zero-order chi connectivity index (χ0) is 29.3. The van der Waals surface area contributed by atoms with Crippen molar-refractivity contribution in [3.8, 4) is 11.5 Å². The van der Waals surface area contributed by atoms with Gasteiger partial charge >= 0.3 is 11.9 Å². The predicted molar refractivity (Wildman–Crippen MR) is 146 cm³/mol. The summed E-state index contributed by atoms with van der Waals surface area (Å²) in [6, 6.07) is 19.9. The fourth-order valence-corrected chi connectivity index (χ4v) is 6.06. The van der Waals surface area contributed by atoms with E-state index >= 15 is 0 Å². The van der Waals surface area contributed by atoms with Crippen molar-refractivity contribution in [2.45, 2.75) is 24.5 Å². The van der Waals surface area contributed by atoms with Crippen LogP contribution in [0.25, 0.3) is 0 Å². The van der Waals surface area contributed by atoms with E-state index < -0.39 is 47.2 Å². The fourth-order valence-electron chi connectivity index (χ4n) is 6.06. The molecule has 2 aliphatic rings. The summed E-state index contributed by atoms with van der Waals surface area (Å²) in [6.45, 7) is -0.00937. The van der Waals surface area contributed by atoms with Crippen LogP contribution in [0.3, 0.4) is 0 Å². The SMILES string of the molecule is COC(=O)c1c(OC)cc(OC)cc1C1NC(Cc2ccccc2)(C(=O)O)C2C(=O)N(Cc3ccccc3)C(=O)C12. The molecule has 5 rings (SSSR count). The Morgan fingerprint density at radius 3 is 2.10 bits per heavy atom. The van der Waals surface area contributed by atoms with Crippen molar-refractivity contribution in [1.29, 1.82) is 0 Å². The number of carbonyl (C=O) groups excluding carboxylic acids is 3. The van der Waals surface area contributed by atoms with Crippen LogP contribution in [0.1, 0.15) is 33.1 Å². The van der Waals surface area contributed by atoms with Gasteiger partial charge in [0.15, 0.2) is 0 Å². The third-order valence-corrected chi connectivity index (χ3v) is 7.92. The molecule has 2 saturated heterocycles. The highest BCUT2D eigenvalue weighted by molar-refractivity contribution is 6.10. The second-order valence-electron chi connectivity index (χ2n) is 10.1. The highest BCUT2D eigenvalue weighted by Crippen LogP contribution is 2.52. The maximum Gasteiger partial charge on any atom is 0.341 e. The van der Waals surface area contributed by atoms with E-state index in [1.54, 1.807) is 54.6 Å². The molecule has 0 radical (unpaired) electrons. The van der Waals surface area contributed by atoms with Gasteiger partial charge in [0.2, 0.25) is 11.8 Å². The van der Waals surface area contributed by atoms with Crippen LogP contribution in [0.15, 0.2) is 72.8 Å². The molecule has 2 N–H and O–H groups in total. The van der Waals surface area contributed by atoms with Crippen LogP contribution >= 0.6 is 0 Å². The number of nitrogens with zero attached hydrogens (tertiary/aromatic N) is 1. The molecule has 10 heteroatoms. The van der Waals surface area contributed by atoms with Crippen LogP contribution in [0.4, 0.5) is 0 Å². The molecule has 0 bridgehead atoms. The Labute approximate surface area is 236 Å². The minimum Gasteiger partial charge on any atom is -0.497 e. The third kappa shape index (κ3) is 4.70. The first-order valence-corrected chi connectivity index (χ1v) is 13.0. The molecule has 4 atom stereocenters. The van der Waals surface area contributed by atoms with Crippen LogP contribution in [0.5, 0.6) is 11.5 Å². The summed E-state index contributed by atoms with van der Waals surface area (Å²) in [4.78, 5) is 55.5. The smallest absolute Gasteiger partial charge is 0.341 e. The van der Waals surface area contributed by atoms with Gasteiger partial charge in [0.25, 0.3) is 0 Å². The first kappa shape index (κ1) is 27.9. The molecule has 2 aliphatic heterocycles. The summed E-state index contributed by atoms with van der Waals surface area (Å²) in [5.41, 5.74) is -0.226. The van der Waals surface area contributed by atoms with E-state index in [9.17, 15) is 24.3 Å². The summed E-state index contributed by atoms with van der Waals surface area (Å²) < 4.78 is 16.0. The summed E-state index contributed by atoms with van der Waals surface area (Å²) in [5.74, 6) is -5.10. The number of carboxylic acids is 1. The first-order chi connectivity index (χ1) is 19.7. The van der Waals surface area contributed by atoms with Gasteiger partial charge in [0.1, 0.15) is 22.6 Å². The van der Waals surface area contributed by atoms with E-state index in [2.05, 4.69) is 5.32 Å². The van der Waals surface area contributed by atoms with Gasteiger partial charge in [0, 0.05) is 18.5 Å². The van der Waals surface area contributed by atoms with E-state index in [4.69, 9.17) is 14.2 Å². The van der Waals surface area contributed by atoms with E-state index in [0.29, 0.717) is 11.3 Å². The van der Waals surface area contributed by atoms with Crippen molar-refractivity contribution in [3.63, 3.8) is 0 Å². The average Bonchev–Trinajstić information content (AvgIpc) is 3.46. The second kappa shape index (κ2) is 11.1. The lowest BCUT2D eigenvalue weighted by atomic mass is 9.76. The summed E-state index contributed by atoms with van der Waals surface area (Å²) >= 11 is 0. The highest BCUT2D eigenvalue weighted by Gasteiger charge is 2.68. The van der Waals surface area contributed by atoms with E-state index in [1.165, 1.54) is 27.4 Å². The van der Waals surface area contributed by atoms with Crippen LogP contribution in [0, 0.1) is 11.8 Å². The number of ether oxygens (including phenoxy) is 3. The molecule has 0 saturated carbocycles. The van der Waals surface area contributed by atoms with Crippen molar-refractivity contribution in [2.24, 2.45) is 11.8 Å². The number of benzene rings is 3. The number of methoxy groups -OCH3 is 3. The Morgan fingerprint density at radius 2 is 1.54 bits per heavy atom. The normalized spacial score (nSPS) is 23.3. The summed E-state index contributed by atoms with van der Waals surface area (Å²) in [7, 11) is 4.02. The van der Waals surface area contributed by atoms with Gasteiger partial charge in [-0.25, -0.2) is 4.79 Å². The average molecular weight is 559 g/mol. The monoisotopic (exact) mass is 558 g/mol. The molecule has 2 heterocycles. The number of aliphatic carboxylic acids is 1. The van der Waals surface area contributed by atoms with E-state index in [1.807, 2.05) is 12.1 Å². The molecule has 2 fully saturated rings. The molecule has 0 spiro atoms. The molecule has 0 aliphatic carbocycles. The van der Waals surface area contributed by atoms with Crippen LogP contribution in [0.2, 0.25) is 0 Å². The molecule has 3 aromatic carbocycles. The Bertz CT molecular complexity index is 1490. The van der Waals surface area contributed by atoms with E-state index in [-0.39, 0.29) is 29.8 Å². The molecule has 212 valence electrons. The van der Waals surface area contributed by atoms with E-state index in [0.717, 1.165) is 10.5 Å². The van der Waals surface area contributed by atoms with Crippen molar-refractivity contribution < 1.29 is 38.5 Å². The van der Waals surface area contributed by atoms with Crippen molar-refractivity contribution >= 4 is 23.8 Å². The number of likely N-dealkylation sites (tertiary alicyclic amines) is 1. The largest absolute Gasteiger partial charge is 0.497 e. The number of carbonyl (C=O) groups is 4. The lowest BCUT2D eigenvalue weighted by Crippen LogP contribution is -2.57. The zero-order valence-electron chi connectivity index (χ0n) is 22.8.